The first kappa shape index (κ1) is 6.62. The van der Waals surface area contributed by atoms with Crippen molar-refractivity contribution >= 4 is 0 Å². The molecule has 1 aliphatic heterocycles. The molecule has 0 spiro atoms. The minimum absolute atomic E-state index is 0.0706. The Hall–Kier alpha value is -0.500. The maximum atomic E-state index is 5.28. The quantitative estimate of drug-likeness (QED) is 0.490. The van der Waals surface area contributed by atoms with Crippen LogP contribution in [0.5, 0.6) is 0 Å². The van der Waals surface area contributed by atoms with E-state index in [1.165, 1.54) is 0 Å². The van der Waals surface area contributed by atoms with E-state index in [1.807, 2.05) is 13.8 Å². The van der Waals surface area contributed by atoms with Crippen molar-refractivity contribution in [1.29, 1.82) is 0 Å². The van der Waals surface area contributed by atoms with Gasteiger partial charge in [0.1, 0.15) is 18.0 Å². The summed E-state index contributed by atoms with van der Waals surface area (Å²) in [6, 6.07) is 0. The fraction of sp³-hybridized carbons (Fsp3) is 0.714. The highest BCUT2D eigenvalue weighted by Gasteiger charge is 2.18. The molecular weight excluding hydrogens is 116 g/mol. The third kappa shape index (κ3) is 1.45. The van der Waals surface area contributed by atoms with Gasteiger partial charge in [-0.1, -0.05) is 6.58 Å². The van der Waals surface area contributed by atoms with Crippen LogP contribution in [0.4, 0.5) is 0 Å². The topological polar surface area (TPSA) is 18.5 Å². The van der Waals surface area contributed by atoms with E-state index >= 15 is 0 Å². The first-order chi connectivity index (χ1) is 4.20. The molecule has 2 nitrogen and oxygen atoms in total. The number of hydrogen-bond acceptors (Lipinski definition) is 2. The van der Waals surface area contributed by atoms with E-state index in [0.717, 1.165) is 5.76 Å². The first-order valence-electron chi connectivity index (χ1n) is 3.17. The molecule has 2 unspecified atom stereocenters. The molecule has 2 atom stereocenters. The van der Waals surface area contributed by atoms with Crippen LogP contribution >= 0.6 is 0 Å². The van der Waals surface area contributed by atoms with Gasteiger partial charge in [-0.15, -0.1) is 0 Å². The molecule has 1 rings (SSSR count). The summed E-state index contributed by atoms with van der Waals surface area (Å²) in [5.74, 6) is 0.744. The van der Waals surface area contributed by atoms with Crippen molar-refractivity contribution in [2.75, 3.05) is 6.61 Å². The standard InChI is InChI=1S/C7H12O2/c1-5-4-8-6(2)7(3)9-5/h5-6H,3-4H2,1-2H3. The predicted molar refractivity (Wildman–Crippen MR) is 35.1 cm³/mol. The van der Waals surface area contributed by atoms with E-state index < -0.39 is 0 Å². The Balaban J connectivity index is 2.44. The van der Waals surface area contributed by atoms with Gasteiger partial charge >= 0.3 is 0 Å². The van der Waals surface area contributed by atoms with Gasteiger partial charge in [0.15, 0.2) is 0 Å². The average Bonchev–Trinajstić information content (AvgIpc) is 1.80. The lowest BCUT2D eigenvalue weighted by Crippen LogP contribution is -2.29. The number of ether oxygens (including phenoxy) is 2. The Bertz CT molecular complexity index is 120. The fourth-order valence-electron chi connectivity index (χ4n) is 0.761. The Labute approximate surface area is 55.5 Å². The third-order valence-corrected chi connectivity index (χ3v) is 1.39. The molecule has 1 aliphatic rings. The van der Waals surface area contributed by atoms with Crippen LogP contribution in [0.25, 0.3) is 0 Å². The largest absolute Gasteiger partial charge is 0.491 e. The molecule has 0 saturated carbocycles. The van der Waals surface area contributed by atoms with Crippen LogP contribution in [0.15, 0.2) is 12.3 Å². The van der Waals surface area contributed by atoms with Crippen LogP contribution in [0, 0.1) is 0 Å². The summed E-state index contributed by atoms with van der Waals surface area (Å²) in [5.41, 5.74) is 0. The normalized spacial score (nSPS) is 36.0. The first-order valence-corrected chi connectivity index (χ1v) is 3.17. The van der Waals surface area contributed by atoms with Gasteiger partial charge in [0, 0.05) is 0 Å². The fourth-order valence-corrected chi connectivity index (χ4v) is 0.761. The third-order valence-electron chi connectivity index (χ3n) is 1.39. The molecular formula is C7H12O2. The van der Waals surface area contributed by atoms with Crippen LogP contribution < -0.4 is 0 Å². The van der Waals surface area contributed by atoms with Crippen molar-refractivity contribution < 1.29 is 9.47 Å². The Morgan fingerprint density at radius 2 is 2.22 bits per heavy atom. The Kier molecular flexibility index (Phi) is 1.76. The van der Waals surface area contributed by atoms with Crippen molar-refractivity contribution in [2.24, 2.45) is 0 Å². The molecule has 1 fully saturated rings. The minimum atomic E-state index is 0.0706. The second-order valence-corrected chi connectivity index (χ2v) is 2.37. The molecule has 0 amide bonds. The van der Waals surface area contributed by atoms with E-state index in [-0.39, 0.29) is 12.2 Å². The second-order valence-electron chi connectivity index (χ2n) is 2.37. The molecule has 1 heterocycles. The summed E-state index contributed by atoms with van der Waals surface area (Å²) in [6.07, 6.45) is 0.245. The van der Waals surface area contributed by atoms with Crippen molar-refractivity contribution in [3.05, 3.63) is 12.3 Å². The zero-order valence-corrected chi connectivity index (χ0v) is 5.89. The van der Waals surface area contributed by atoms with Gasteiger partial charge in [-0.3, -0.25) is 0 Å². The lowest BCUT2D eigenvalue weighted by Gasteiger charge is -2.27. The monoisotopic (exact) mass is 128 g/mol. The van der Waals surface area contributed by atoms with Crippen LogP contribution in [0.1, 0.15) is 13.8 Å². The molecule has 0 bridgehead atoms. The van der Waals surface area contributed by atoms with Crippen molar-refractivity contribution in [3.63, 3.8) is 0 Å². The molecule has 0 aliphatic carbocycles. The van der Waals surface area contributed by atoms with Crippen molar-refractivity contribution in [3.8, 4) is 0 Å². The van der Waals surface area contributed by atoms with E-state index in [1.54, 1.807) is 0 Å². The summed E-state index contributed by atoms with van der Waals surface area (Å²) in [4.78, 5) is 0. The maximum absolute atomic E-state index is 5.28. The van der Waals surface area contributed by atoms with E-state index in [4.69, 9.17) is 9.47 Å². The molecule has 0 radical (unpaired) electrons. The van der Waals surface area contributed by atoms with Gasteiger partial charge < -0.3 is 9.47 Å². The lowest BCUT2D eigenvalue weighted by atomic mass is 10.3. The average molecular weight is 128 g/mol. The van der Waals surface area contributed by atoms with Gasteiger partial charge in [0.25, 0.3) is 0 Å². The summed E-state index contributed by atoms with van der Waals surface area (Å²) in [5, 5.41) is 0. The van der Waals surface area contributed by atoms with Gasteiger partial charge in [0.05, 0.1) is 6.61 Å². The summed E-state index contributed by atoms with van der Waals surface area (Å²) in [6.45, 7) is 8.29. The molecule has 9 heavy (non-hydrogen) atoms. The zero-order valence-electron chi connectivity index (χ0n) is 5.89. The van der Waals surface area contributed by atoms with Crippen LogP contribution in [0.2, 0.25) is 0 Å². The molecule has 0 aromatic rings. The van der Waals surface area contributed by atoms with Gasteiger partial charge in [-0.25, -0.2) is 0 Å². The predicted octanol–water partition coefficient (Wildman–Crippen LogP) is 1.32. The molecule has 0 aromatic heterocycles. The molecule has 2 heteroatoms. The second kappa shape index (κ2) is 2.40. The van der Waals surface area contributed by atoms with E-state index in [0.29, 0.717) is 6.61 Å². The van der Waals surface area contributed by atoms with Crippen molar-refractivity contribution in [2.45, 2.75) is 26.1 Å². The van der Waals surface area contributed by atoms with Crippen LogP contribution in [0.3, 0.4) is 0 Å². The smallest absolute Gasteiger partial charge is 0.119 e. The lowest BCUT2D eigenvalue weighted by molar-refractivity contribution is -0.0732. The molecule has 0 N–H and O–H groups in total. The van der Waals surface area contributed by atoms with Gasteiger partial charge in [0.2, 0.25) is 0 Å². The number of rotatable bonds is 0. The van der Waals surface area contributed by atoms with E-state index in [2.05, 4.69) is 6.58 Å². The van der Waals surface area contributed by atoms with Crippen LogP contribution in [-0.4, -0.2) is 18.8 Å². The minimum Gasteiger partial charge on any atom is -0.491 e. The molecule has 52 valence electrons. The highest BCUT2D eigenvalue weighted by atomic mass is 16.6. The zero-order chi connectivity index (χ0) is 6.85. The maximum Gasteiger partial charge on any atom is 0.119 e. The Morgan fingerprint density at radius 1 is 1.56 bits per heavy atom. The Morgan fingerprint density at radius 3 is 2.67 bits per heavy atom. The number of hydrogen-bond donors (Lipinski definition) is 0. The van der Waals surface area contributed by atoms with Gasteiger partial charge in [-0.05, 0) is 13.8 Å². The summed E-state index contributed by atoms with van der Waals surface area (Å²) in [7, 11) is 0. The summed E-state index contributed by atoms with van der Waals surface area (Å²) < 4.78 is 10.6. The van der Waals surface area contributed by atoms with Crippen LogP contribution in [-0.2, 0) is 9.47 Å². The highest BCUT2D eigenvalue weighted by molar-refractivity contribution is 4.93. The van der Waals surface area contributed by atoms with E-state index in [9.17, 15) is 0 Å². The van der Waals surface area contributed by atoms with Gasteiger partial charge in [-0.2, -0.15) is 0 Å². The molecule has 0 aromatic carbocycles. The molecule has 1 saturated heterocycles. The SMILES string of the molecule is C=C1OC(C)COC1C. The highest BCUT2D eigenvalue weighted by Crippen LogP contribution is 2.14. The summed E-state index contributed by atoms with van der Waals surface area (Å²) >= 11 is 0. The van der Waals surface area contributed by atoms with Crippen molar-refractivity contribution in [1.82, 2.24) is 0 Å².